The van der Waals surface area contributed by atoms with Gasteiger partial charge in [0.15, 0.2) is 11.6 Å². The van der Waals surface area contributed by atoms with Crippen molar-refractivity contribution in [3.8, 4) is 5.75 Å². The summed E-state index contributed by atoms with van der Waals surface area (Å²) in [6.07, 6.45) is 4.06. The van der Waals surface area contributed by atoms with E-state index in [1.807, 2.05) is 18.0 Å². The molecule has 1 amide bonds. The zero-order chi connectivity index (χ0) is 16.9. The number of nitrogens with one attached hydrogen (secondary N) is 1. The first-order chi connectivity index (χ1) is 11.6. The number of aromatic nitrogens is 2. The minimum absolute atomic E-state index is 0.0410. The number of likely N-dealkylation sites (tertiary alicyclic amines) is 1. The van der Waals surface area contributed by atoms with E-state index in [4.69, 9.17) is 4.74 Å². The largest absolute Gasteiger partial charge is 0.490 e. The van der Waals surface area contributed by atoms with Gasteiger partial charge >= 0.3 is 0 Å². The average molecular weight is 331 g/mol. The number of imidazole rings is 1. The Bertz CT molecular complexity index is 701. The average Bonchev–Trinajstić information content (AvgIpc) is 3.03. The maximum atomic E-state index is 13.5. The molecule has 1 atom stereocenters. The zero-order valence-electron chi connectivity index (χ0n) is 13.8. The normalized spacial score (nSPS) is 17.8. The number of carbonyl (C=O) groups excluding carboxylic acids is 1. The topological polar surface area (TPSA) is 58.2 Å². The fourth-order valence-electron chi connectivity index (χ4n) is 3.04. The van der Waals surface area contributed by atoms with Gasteiger partial charge in [-0.25, -0.2) is 9.37 Å². The number of piperidine rings is 1. The number of halogens is 1. The van der Waals surface area contributed by atoms with Crippen LogP contribution in [-0.2, 0) is 4.79 Å². The molecule has 128 valence electrons. The third kappa shape index (κ3) is 3.93. The lowest BCUT2D eigenvalue weighted by Crippen LogP contribution is -2.39. The molecule has 1 aromatic heterocycles. The van der Waals surface area contributed by atoms with Gasteiger partial charge in [0.1, 0.15) is 5.82 Å². The summed E-state index contributed by atoms with van der Waals surface area (Å²) >= 11 is 0. The molecule has 3 rings (SSSR count). The van der Waals surface area contributed by atoms with Crippen molar-refractivity contribution in [2.24, 2.45) is 0 Å². The second-order valence-corrected chi connectivity index (χ2v) is 6.16. The Labute approximate surface area is 140 Å². The molecule has 1 fully saturated rings. The van der Waals surface area contributed by atoms with Gasteiger partial charge in [-0.2, -0.15) is 0 Å². The van der Waals surface area contributed by atoms with Gasteiger partial charge < -0.3 is 14.6 Å². The SMILES string of the molecule is Cc1cnc([C@H]2CCCN(C(=O)CCOc3ccccc3F)C2)[nH]1. The second-order valence-electron chi connectivity index (χ2n) is 6.16. The first-order valence-corrected chi connectivity index (χ1v) is 8.30. The summed E-state index contributed by atoms with van der Waals surface area (Å²) in [6.45, 7) is 3.59. The van der Waals surface area contributed by atoms with Gasteiger partial charge in [-0.05, 0) is 31.9 Å². The molecular weight excluding hydrogens is 309 g/mol. The second kappa shape index (κ2) is 7.47. The van der Waals surface area contributed by atoms with Crippen LogP contribution in [0.2, 0.25) is 0 Å². The van der Waals surface area contributed by atoms with Crippen LogP contribution in [0.3, 0.4) is 0 Å². The fourth-order valence-corrected chi connectivity index (χ4v) is 3.04. The van der Waals surface area contributed by atoms with Crippen LogP contribution in [0.5, 0.6) is 5.75 Å². The third-order valence-corrected chi connectivity index (χ3v) is 4.29. The number of ether oxygens (including phenoxy) is 1. The highest BCUT2D eigenvalue weighted by molar-refractivity contribution is 5.76. The van der Waals surface area contributed by atoms with Gasteiger partial charge in [0.2, 0.25) is 5.91 Å². The summed E-state index contributed by atoms with van der Waals surface area (Å²) in [5.74, 6) is 1.03. The monoisotopic (exact) mass is 331 g/mol. The number of aromatic amines is 1. The number of carbonyl (C=O) groups is 1. The van der Waals surface area contributed by atoms with Crippen LogP contribution >= 0.6 is 0 Å². The molecule has 0 unspecified atom stereocenters. The molecule has 2 aromatic rings. The van der Waals surface area contributed by atoms with E-state index in [0.717, 1.165) is 30.9 Å². The van der Waals surface area contributed by atoms with Crippen molar-refractivity contribution in [2.75, 3.05) is 19.7 Å². The maximum Gasteiger partial charge on any atom is 0.226 e. The van der Waals surface area contributed by atoms with Crippen LogP contribution in [0.15, 0.2) is 30.5 Å². The van der Waals surface area contributed by atoms with Gasteiger partial charge in [0.05, 0.1) is 13.0 Å². The van der Waals surface area contributed by atoms with Crippen LogP contribution in [0, 0.1) is 12.7 Å². The van der Waals surface area contributed by atoms with Crippen molar-refractivity contribution >= 4 is 5.91 Å². The van der Waals surface area contributed by atoms with E-state index in [1.54, 1.807) is 18.2 Å². The Kier molecular flexibility index (Phi) is 5.13. The van der Waals surface area contributed by atoms with Gasteiger partial charge in [-0.3, -0.25) is 4.79 Å². The van der Waals surface area contributed by atoms with Gasteiger partial charge in [-0.15, -0.1) is 0 Å². The summed E-state index contributed by atoms with van der Waals surface area (Å²) < 4.78 is 18.9. The third-order valence-electron chi connectivity index (χ3n) is 4.29. The molecule has 0 saturated carbocycles. The molecule has 0 spiro atoms. The highest BCUT2D eigenvalue weighted by Crippen LogP contribution is 2.25. The van der Waals surface area contributed by atoms with Crippen molar-refractivity contribution < 1.29 is 13.9 Å². The standard InChI is InChI=1S/C18H22FN3O2/c1-13-11-20-18(21-13)14-5-4-9-22(12-14)17(23)8-10-24-16-7-3-2-6-15(16)19/h2-3,6-7,11,14H,4-5,8-10,12H2,1H3,(H,20,21)/t14-/m0/s1. The summed E-state index contributed by atoms with van der Waals surface area (Å²) in [5.41, 5.74) is 1.03. The molecule has 0 aliphatic carbocycles. The molecule has 6 heteroatoms. The Morgan fingerprint density at radius 1 is 1.46 bits per heavy atom. The van der Waals surface area contributed by atoms with E-state index in [2.05, 4.69) is 9.97 Å². The van der Waals surface area contributed by atoms with Crippen LogP contribution in [0.25, 0.3) is 0 Å². The molecule has 5 nitrogen and oxygen atoms in total. The van der Waals surface area contributed by atoms with E-state index >= 15 is 0 Å². The van der Waals surface area contributed by atoms with Gasteiger partial charge in [0.25, 0.3) is 0 Å². The summed E-state index contributed by atoms with van der Waals surface area (Å²) in [7, 11) is 0. The summed E-state index contributed by atoms with van der Waals surface area (Å²) in [4.78, 5) is 21.9. The van der Waals surface area contributed by atoms with Crippen molar-refractivity contribution in [3.05, 3.63) is 47.8 Å². The molecule has 1 aliphatic rings. The van der Waals surface area contributed by atoms with Gasteiger partial charge in [-0.1, -0.05) is 12.1 Å². The quantitative estimate of drug-likeness (QED) is 0.916. The van der Waals surface area contributed by atoms with Crippen molar-refractivity contribution in [1.29, 1.82) is 0 Å². The molecule has 0 radical (unpaired) electrons. The van der Waals surface area contributed by atoms with Crippen molar-refractivity contribution in [2.45, 2.75) is 32.1 Å². The molecular formula is C18H22FN3O2. The van der Waals surface area contributed by atoms with E-state index < -0.39 is 5.82 Å². The first-order valence-electron chi connectivity index (χ1n) is 8.30. The molecule has 2 heterocycles. The van der Waals surface area contributed by atoms with Crippen molar-refractivity contribution in [3.63, 3.8) is 0 Å². The number of hydrogen-bond acceptors (Lipinski definition) is 3. The van der Waals surface area contributed by atoms with E-state index in [0.29, 0.717) is 6.54 Å². The predicted octanol–water partition coefficient (Wildman–Crippen LogP) is 3.03. The Balaban J connectivity index is 1.50. The number of para-hydroxylation sites is 1. The first kappa shape index (κ1) is 16.5. The number of rotatable bonds is 5. The number of benzene rings is 1. The number of hydrogen-bond donors (Lipinski definition) is 1. The van der Waals surface area contributed by atoms with Gasteiger partial charge in [0, 0.05) is 30.9 Å². The molecule has 24 heavy (non-hydrogen) atoms. The molecule has 0 bridgehead atoms. The minimum atomic E-state index is -0.406. The van der Waals surface area contributed by atoms with E-state index in [-0.39, 0.29) is 30.6 Å². The van der Waals surface area contributed by atoms with Crippen molar-refractivity contribution in [1.82, 2.24) is 14.9 Å². The Hall–Kier alpha value is -2.37. The molecule has 1 saturated heterocycles. The van der Waals surface area contributed by atoms with Crippen LogP contribution in [0.4, 0.5) is 4.39 Å². The van der Waals surface area contributed by atoms with Crippen LogP contribution in [-0.4, -0.2) is 40.5 Å². The number of aryl methyl sites for hydroxylation is 1. The summed E-state index contributed by atoms with van der Waals surface area (Å²) in [5, 5.41) is 0. The Morgan fingerprint density at radius 3 is 3.04 bits per heavy atom. The van der Waals surface area contributed by atoms with Crippen LogP contribution < -0.4 is 4.74 Å². The van der Waals surface area contributed by atoms with E-state index in [1.165, 1.54) is 6.07 Å². The number of nitrogens with zero attached hydrogens (tertiary/aromatic N) is 2. The minimum Gasteiger partial charge on any atom is -0.490 e. The molecule has 1 aromatic carbocycles. The van der Waals surface area contributed by atoms with Crippen LogP contribution in [0.1, 0.15) is 36.7 Å². The predicted molar refractivity (Wildman–Crippen MR) is 88.4 cm³/mol. The smallest absolute Gasteiger partial charge is 0.226 e. The molecule has 1 N–H and O–H groups in total. The fraction of sp³-hybridized carbons (Fsp3) is 0.444. The molecule has 1 aliphatic heterocycles. The lowest BCUT2D eigenvalue weighted by molar-refractivity contribution is -0.133. The zero-order valence-corrected chi connectivity index (χ0v) is 13.8. The number of amides is 1. The highest BCUT2D eigenvalue weighted by atomic mass is 19.1. The number of H-pyrrole nitrogens is 1. The lowest BCUT2D eigenvalue weighted by Gasteiger charge is -2.32. The van der Waals surface area contributed by atoms with E-state index in [9.17, 15) is 9.18 Å². The Morgan fingerprint density at radius 2 is 2.29 bits per heavy atom. The maximum absolute atomic E-state index is 13.5. The highest BCUT2D eigenvalue weighted by Gasteiger charge is 2.26. The lowest BCUT2D eigenvalue weighted by atomic mass is 9.97. The summed E-state index contributed by atoms with van der Waals surface area (Å²) in [6, 6.07) is 6.23.